The van der Waals surface area contributed by atoms with Gasteiger partial charge in [0.1, 0.15) is 11.8 Å². The lowest BCUT2D eigenvalue weighted by atomic mass is 9.97. The molecule has 7 nitrogen and oxygen atoms in total. The number of carbonyl (C=O) groups excluding carboxylic acids is 2. The lowest BCUT2D eigenvalue weighted by Gasteiger charge is -2.06. The monoisotopic (exact) mass is 454 g/mol. The van der Waals surface area contributed by atoms with Crippen molar-refractivity contribution in [1.29, 1.82) is 0 Å². The molecule has 0 bridgehead atoms. The van der Waals surface area contributed by atoms with Crippen molar-refractivity contribution in [2.75, 3.05) is 5.48 Å². The summed E-state index contributed by atoms with van der Waals surface area (Å²) in [5, 5.41) is 1.92. The Morgan fingerprint density at radius 3 is 2.53 bits per heavy atom. The highest BCUT2D eigenvalue weighted by Gasteiger charge is 2.19. The average molecular weight is 454 g/mol. The molecule has 0 aliphatic rings. The largest absolute Gasteiger partial charge is 0.461 e. The van der Waals surface area contributed by atoms with E-state index in [9.17, 15) is 14.4 Å². The van der Waals surface area contributed by atoms with E-state index in [0.29, 0.717) is 28.6 Å². The van der Waals surface area contributed by atoms with E-state index in [1.807, 2.05) is 62.4 Å². The van der Waals surface area contributed by atoms with Crippen LogP contribution in [-0.2, 0) is 16.2 Å². The van der Waals surface area contributed by atoms with Gasteiger partial charge >= 0.3 is 5.97 Å². The van der Waals surface area contributed by atoms with E-state index in [2.05, 4.69) is 10.0 Å². The zero-order valence-electron chi connectivity index (χ0n) is 19.0. The fraction of sp³-hybridized carbons (Fsp3) is 0.148. The highest BCUT2D eigenvalue weighted by Crippen LogP contribution is 2.35. The average Bonchev–Trinajstić information content (AvgIpc) is 3.16. The molecule has 7 heteroatoms. The molecular formula is C27H22N2O5. The van der Waals surface area contributed by atoms with Crippen LogP contribution < -0.4 is 10.9 Å². The highest BCUT2D eigenvalue weighted by molar-refractivity contribution is 6.21. The molecule has 0 amide bonds. The van der Waals surface area contributed by atoms with Gasteiger partial charge in [0.05, 0.1) is 16.3 Å². The maximum Gasteiger partial charge on any atom is 0.329 e. The van der Waals surface area contributed by atoms with Crippen molar-refractivity contribution < 1.29 is 18.8 Å². The third-order valence-corrected chi connectivity index (χ3v) is 6.04. The number of ketones is 1. The predicted octanol–water partition coefficient (Wildman–Crippen LogP) is 5.35. The van der Waals surface area contributed by atoms with Crippen LogP contribution in [-0.4, -0.2) is 16.3 Å². The number of aromatic nitrogens is 1. The third-order valence-electron chi connectivity index (χ3n) is 6.04. The van der Waals surface area contributed by atoms with Gasteiger partial charge in [0, 0.05) is 35.5 Å². The number of anilines is 1. The summed E-state index contributed by atoms with van der Waals surface area (Å²) in [4.78, 5) is 42.2. The maximum atomic E-state index is 13.3. The molecule has 0 saturated carbocycles. The summed E-state index contributed by atoms with van der Waals surface area (Å²) in [6.45, 7) is 5.89. The normalized spacial score (nSPS) is 11.3. The molecule has 0 aliphatic carbocycles. The Hall–Kier alpha value is -4.39. The van der Waals surface area contributed by atoms with Crippen LogP contribution in [0, 0.1) is 6.92 Å². The molecule has 0 unspecified atom stereocenters. The van der Waals surface area contributed by atoms with Gasteiger partial charge < -0.3 is 13.8 Å². The van der Waals surface area contributed by atoms with Crippen molar-refractivity contribution >= 4 is 50.2 Å². The number of hydrogen-bond acceptors (Lipinski definition) is 6. The first kappa shape index (κ1) is 21.5. The van der Waals surface area contributed by atoms with Gasteiger partial charge in [-0.2, -0.15) is 0 Å². The summed E-state index contributed by atoms with van der Waals surface area (Å²) in [7, 11) is 0. The zero-order chi connectivity index (χ0) is 24.0. The molecule has 0 saturated heterocycles. The van der Waals surface area contributed by atoms with Gasteiger partial charge in [0.25, 0.3) is 0 Å². The van der Waals surface area contributed by atoms with Crippen LogP contribution in [0.15, 0.2) is 70.1 Å². The molecule has 34 heavy (non-hydrogen) atoms. The Bertz CT molecular complexity index is 1680. The lowest BCUT2D eigenvalue weighted by Crippen LogP contribution is -2.14. The Morgan fingerprint density at radius 2 is 1.79 bits per heavy atom. The van der Waals surface area contributed by atoms with Crippen molar-refractivity contribution in [1.82, 2.24) is 4.57 Å². The van der Waals surface area contributed by atoms with Gasteiger partial charge in [-0.25, -0.2) is 5.48 Å². The number of benzene rings is 3. The molecule has 0 fully saturated rings. The van der Waals surface area contributed by atoms with Gasteiger partial charge in [-0.15, -0.1) is 0 Å². The van der Waals surface area contributed by atoms with E-state index < -0.39 is 5.97 Å². The van der Waals surface area contributed by atoms with Crippen molar-refractivity contribution in [3.8, 4) is 0 Å². The number of hydrogen-bond donors (Lipinski definition) is 1. The smallest absolute Gasteiger partial charge is 0.329 e. The minimum Gasteiger partial charge on any atom is -0.461 e. The molecule has 5 aromatic rings. The summed E-state index contributed by atoms with van der Waals surface area (Å²) in [6, 6.07) is 16.7. The quantitative estimate of drug-likeness (QED) is 0.284. The number of fused-ring (bicyclic) bond motifs is 5. The van der Waals surface area contributed by atoms with Crippen LogP contribution in [0.25, 0.3) is 32.8 Å². The minimum absolute atomic E-state index is 0.0247. The standard InChI is InChI=1S/C27H22N2O5/c1-4-29-22-11-9-17(25(31)18-8-6-5-7-15(18)2)13-20(22)24-23(29)12-10-19-26(32)21(14-33-27(19)24)28-34-16(3)30/h5-14,28H,4H2,1-3H3. The second-order valence-corrected chi connectivity index (χ2v) is 8.13. The third kappa shape index (κ3) is 3.33. The number of nitrogens with zero attached hydrogens (tertiary/aromatic N) is 1. The van der Waals surface area contributed by atoms with E-state index in [4.69, 9.17) is 9.25 Å². The van der Waals surface area contributed by atoms with Crippen LogP contribution in [0.3, 0.4) is 0 Å². The maximum absolute atomic E-state index is 13.3. The molecule has 0 radical (unpaired) electrons. The van der Waals surface area contributed by atoms with Crippen LogP contribution in [0.4, 0.5) is 5.69 Å². The Balaban J connectivity index is 1.77. The number of carbonyl (C=O) groups is 2. The molecule has 5 rings (SSSR count). The number of aryl methyl sites for hydroxylation is 2. The van der Waals surface area contributed by atoms with Crippen LogP contribution in [0.5, 0.6) is 0 Å². The lowest BCUT2D eigenvalue weighted by molar-refractivity contribution is -0.138. The van der Waals surface area contributed by atoms with Gasteiger partial charge in [0.2, 0.25) is 5.43 Å². The summed E-state index contributed by atoms with van der Waals surface area (Å²) in [5.41, 5.74) is 6.39. The van der Waals surface area contributed by atoms with Crippen molar-refractivity contribution in [3.63, 3.8) is 0 Å². The Kier molecular flexibility index (Phi) is 5.17. The van der Waals surface area contributed by atoms with E-state index in [0.717, 1.165) is 27.4 Å². The van der Waals surface area contributed by atoms with E-state index >= 15 is 0 Å². The zero-order valence-corrected chi connectivity index (χ0v) is 19.0. The first-order valence-corrected chi connectivity index (χ1v) is 10.9. The SMILES string of the molecule is CCn1c2ccc(C(=O)c3ccccc3C)cc2c2c3occ(NOC(C)=O)c(=O)c3ccc21. The fourth-order valence-electron chi connectivity index (χ4n) is 4.44. The Morgan fingerprint density at radius 1 is 1.03 bits per heavy atom. The van der Waals surface area contributed by atoms with Crippen LogP contribution in [0.1, 0.15) is 35.3 Å². The first-order valence-electron chi connectivity index (χ1n) is 10.9. The second-order valence-electron chi connectivity index (χ2n) is 8.13. The van der Waals surface area contributed by atoms with Crippen molar-refractivity contribution in [2.45, 2.75) is 27.3 Å². The highest BCUT2D eigenvalue weighted by atomic mass is 16.7. The van der Waals surface area contributed by atoms with Crippen molar-refractivity contribution in [2.24, 2.45) is 0 Å². The molecule has 0 atom stereocenters. The van der Waals surface area contributed by atoms with Gasteiger partial charge in [-0.05, 0) is 49.7 Å². The second kappa shape index (κ2) is 8.19. The number of nitrogens with one attached hydrogen (secondary N) is 1. The molecule has 3 aromatic carbocycles. The molecule has 2 heterocycles. The van der Waals surface area contributed by atoms with E-state index in [1.165, 1.54) is 13.2 Å². The van der Waals surface area contributed by atoms with E-state index in [1.54, 1.807) is 6.07 Å². The molecule has 1 N–H and O–H groups in total. The van der Waals surface area contributed by atoms with Crippen LogP contribution >= 0.6 is 0 Å². The topological polar surface area (TPSA) is 90.5 Å². The molecular weight excluding hydrogens is 432 g/mol. The van der Waals surface area contributed by atoms with Crippen molar-refractivity contribution in [3.05, 3.63) is 87.8 Å². The summed E-state index contributed by atoms with van der Waals surface area (Å²) in [5.74, 6) is -0.640. The molecule has 170 valence electrons. The Labute approximate surface area is 194 Å². The van der Waals surface area contributed by atoms with E-state index in [-0.39, 0.29) is 16.9 Å². The molecule has 2 aromatic heterocycles. The van der Waals surface area contributed by atoms with Crippen LogP contribution in [0.2, 0.25) is 0 Å². The summed E-state index contributed by atoms with van der Waals surface area (Å²) >= 11 is 0. The van der Waals surface area contributed by atoms with Gasteiger partial charge in [-0.3, -0.25) is 14.4 Å². The minimum atomic E-state index is -0.577. The number of rotatable bonds is 5. The summed E-state index contributed by atoms with van der Waals surface area (Å²) < 4.78 is 8.01. The van der Waals surface area contributed by atoms with Gasteiger partial charge in [-0.1, -0.05) is 24.3 Å². The molecule has 0 spiro atoms. The summed E-state index contributed by atoms with van der Waals surface area (Å²) in [6.07, 6.45) is 1.24. The fourth-order valence-corrected chi connectivity index (χ4v) is 4.44. The first-order chi connectivity index (χ1) is 16.4. The molecule has 0 aliphatic heterocycles. The predicted molar refractivity (Wildman–Crippen MR) is 131 cm³/mol. The van der Waals surface area contributed by atoms with Gasteiger partial charge in [0.15, 0.2) is 11.5 Å².